The predicted molar refractivity (Wildman–Crippen MR) is 48.9 cm³/mol. The van der Waals surface area contributed by atoms with Gasteiger partial charge in [0.1, 0.15) is 5.78 Å². The third kappa shape index (κ3) is 1.19. The summed E-state index contributed by atoms with van der Waals surface area (Å²) in [5, 5.41) is 0. The molecule has 0 saturated heterocycles. The summed E-state index contributed by atoms with van der Waals surface area (Å²) >= 11 is 0. The summed E-state index contributed by atoms with van der Waals surface area (Å²) in [5.41, 5.74) is 0.0884. The lowest BCUT2D eigenvalue weighted by molar-refractivity contribution is -0.129. The summed E-state index contributed by atoms with van der Waals surface area (Å²) in [7, 11) is 0. The first-order chi connectivity index (χ1) is 5.72. The Hall–Kier alpha value is -0.330. The van der Waals surface area contributed by atoms with Crippen molar-refractivity contribution in [2.75, 3.05) is 0 Å². The van der Waals surface area contributed by atoms with Crippen molar-refractivity contribution >= 4 is 5.78 Å². The van der Waals surface area contributed by atoms with Crippen molar-refractivity contribution in [3.8, 4) is 0 Å². The highest BCUT2D eigenvalue weighted by Gasteiger charge is 2.43. The molecule has 0 aromatic heterocycles. The SMILES string of the molecule is CC12CCCCCC(CC1)C2=O. The first-order valence-electron chi connectivity index (χ1n) is 5.27. The molecule has 2 aliphatic carbocycles. The largest absolute Gasteiger partial charge is 0.299 e. The number of Topliss-reactive ketones (excluding diaryl/α,β-unsaturated/α-hetero) is 1. The number of carbonyl (C=O) groups excluding carboxylic acids is 1. The fourth-order valence-electron chi connectivity index (χ4n) is 2.85. The number of hydrogen-bond acceptors (Lipinski definition) is 1. The fraction of sp³-hybridized carbons (Fsp3) is 0.909. The van der Waals surface area contributed by atoms with Gasteiger partial charge in [-0.05, 0) is 25.7 Å². The van der Waals surface area contributed by atoms with E-state index >= 15 is 0 Å². The van der Waals surface area contributed by atoms with Gasteiger partial charge < -0.3 is 0 Å². The van der Waals surface area contributed by atoms with Crippen molar-refractivity contribution < 1.29 is 4.79 Å². The third-order valence-corrected chi connectivity index (χ3v) is 3.79. The van der Waals surface area contributed by atoms with Gasteiger partial charge in [-0.15, -0.1) is 0 Å². The minimum absolute atomic E-state index is 0.0884. The summed E-state index contributed by atoms with van der Waals surface area (Å²) in [6.07, 6.45) is 8.57. The zero-order valence-electron chi connectivity index (χ0n) is 7.94. The van der Waals surface area contributed by atoms with Crippen LogP contribution in [0.5, 0.6) is 0 Å². The highest BCUT2D eigenvalue weighted by molar-refractivity contribution is 5.88. The summed E-state index contributed by atoms with van der Waals surface area (Å²) in [6.45, 7) is 2.18. The quantitative estimate of drug-likeness (QED) is 0.540. The highest BCUT2D eigenvalue weighted by Crippen LogP contribution is 2.45. The minimum Gasteiger partial charge on any atom is -0.299 e. The van der Waals surface area contributed by atoms with Gasteiger partial charge in [0.15, 0.2) is 0 Å². The summed E-state index contributed by atoms with van der Waals surface area (Å²) in [6, 6.07) is 0. The van der Waals surface area contributed by atoms with E-state index in [0.717, 1.165) is 12.8 Å². The molecule has 0 aromatic carbocycles. The Morgan fingerprint density at radius 2 is 2.00 bits per heavy atom. The van der Waals surface area contributed by atoms with Crippen molar-refractivity contribution in [2.45, 2.75) is 51.9 Å². The van der Waals surface area contributed by atoms with Crippen molar-refractivity contribution in [2.24, 2.45) is 11.3 Å². The van der Waals surface area contributed by atoms with E-state index in [9.17, 15) is 4.79 Å². The summed E-state index contributed by atoms with van der Waals surface area (Å²) in [4.78, 5) is 11.9. The van der Waals surface area contributed by atoms with Crippen LogP contribution < -0.4 is 0 Å². The Morgan fingerprint density at radius 1 is 1.17 bits per heavy atom. The van der Waals surface area contributed by atoms with Crippen molar-refractivity contribution in [1.29, 1.82) is 0 Å². The Balaban J connectivity index is 2.17. The standard InChI is InChI=1S/C11H18O/c1-11-7-4-2-3-5-9(6-8-11)10(11)12/h9H,2-8H2,1H3. The second-order valence-electron chi connectivity index (χ2n) is 4.76. The molecule has 68 valence electrons. The number of fused-ring (bicyclic) bond motifs is 2. The van der Waals surface area contributed by atoms with Crippen LogP contribution in [0.2, 0.25) is 0 Å². The maximum absolute atomic E-state index is 11.9. The van der Waals surface area contributed by atoms with Gasteiger partial charge in [-0.25, -0.2) is 0 Å². The number of hydrogen-bond donors (Lipinski definition) is 0. The zero-order chi connectivity index (χ0) is 8.60. The van der Waals surface area contributed by atoms with Crippen LogP contribution in [0, 0.1) is 11.3 Å². The first kappa shape index (κ1) is 8.28. The molecule has 0 spiro atoms. The lowest BCUT2D eigenvalue weighted by atomic mass is 9.79. The average molecular weight is 166 g/mol. The van der Waals surface area contributed by atoms with E-state index in [0.29, 0.717) is 11.7 Å². The molecular weight excluding hydrogens is 148 g/mol. The minimum atomic E-state index is 0.0884. The van der Waals surface area contributed by atoms with Crippen molar-refractivity contribution in [3.63, 3.8) is 0 Å². The van der Waals surface area contributed by atoms with Crippen LogP contribution in [0.3, 0.4) is 0 Å². The van der Waals surface area contributed by atoms with E-state index in [1.54, 1.807) is 0 Å². The molecule has 1 heteroatoms. The van der Waals surface area contributed by atoms with Crippen LogP contribution in [-0.2, 0) is 4.79 Å². The molecule has 1 nitrogen and oxygen atoms in total. The Labute approximate surface area is 74.5 Å². The summed E-state index contributed by atoms with van der Waals surface area (Å²) < 4.78 is 0. The number of carbonyl (C=O) groups is 1. The molecule has 2 rings (SSSR count). The van der Waals surface area contributed by atoms with Crippen LogP contribution in [0.25, 0.3) is 0 Å². The van der Waals surface area contributed by atoms with Gasteiger partial charge in [0, 0.05) is 11.3 Å². The Kier molecular flexibility index (Phi) is 1.97. The lowest BCUT2D eigenvalue weighted by Crippen LogP contribution is -2.26. The van der Waals surface area contributed by atoms with Gasteiger partial charge in [-0.3, -0.25) is 4.79 Å². The Bertz CT molecular complexity index is 195. The number of ketones is 1. The molecule has 12 heavy (non-hydrogen) atoms. The average Bonchev–Trinajstić information content (AvgIpc) is 2.36. The van der Waals surface area contributed by atoms with Gasteiger partial charge in [0.2, 0.25) is 0 Å². The van der Waals surface area contributed by atoms with Gasteiger partial charge in [-0.1, -0.05) is 26.2 Å². The lowest BCUT2D eigenvalue weighted by Gasteiger charge is -2.24. The third-order valence-electron chi connectivity index (χ3n) is 3.79. The molecule has 2 aliphatic rings. The zero-order valence-corrected chi connectivity index (χ0v) is 7.94. The molecule has 0 radical (unpaired) electrons. The van der Waals surface area contributed by atoms with Crippen molar-refractivity contribution in [1.82, 2.24) is 0 Å². The van der Waals surface area contributed by atoms with E-state index in [2.05, 4.69) is 6.92 Å². The molecular formula is C11H18O. The predicted octanol–water partition coefficient (Wildman–Crippen LogP) is 2.94. The second-order valence-corrected chi connectivity index (χ2v) is 4.76. The molecule has 0 aromatic rings. The van der Waals surface area contributed by atoms with E-state index in [1.807, 2.05) is 0 Å². The first-order valence-corrected chi connectivity index (χ1v) is 5.27. The topological polar surface area (TPSA) is 17.1 Å². The maximum atomic E-state index is 11.9. The molecule has 2 atom stereocenters. The van der Waals surface area contributed by atoms with E-state index in [1.165, 1.54) is 32.1 Å². The second kappa shape index (κ2) is 2.86. The van der Waals surface area contributed by atoms with Gasteiger partial charge in [0.25, 0.3) is 0 Å². The summed E-state index contributed by atoms with van der Waals surface area (Å²) in [5.74, 6) is 1.03. The van der Waals surface area contributed by atoms with Gasteiger partial charge in [-0.2, -0.15) is 0 Å². The van der Waals surface area contributed by atoms with Gasteiger partial charge >= 0.3 is 0 Å². The van der Waals surface area contributed by atoms with E-state index in [-0.39, 0.29) is 5.41 Å². The smallest absolute Gasteiger partial charge is 0.141 e. The normalized spacial score (nSPS) is 42.4. The highest BCUT2D eigenvalue weighted by atomic mass is 16.1. The molecule has 2 unspecified atom stereocenters. The molecule has 0 amide bonds. The molecule has 2 bridgehead atoms. The molecule has 0 N–H and O–H groups in total. The van der Waals surface area contributed by atoms with Crippen LogP contribution >= 0.6 is 0 Å². The molecule has 2 fully saturated rings. The van der Waals surface area contributed by atoms with Crippen LogP contribution in [0.4, 0.5) is 0 Å². The van der Waals surface area contributed by atoms with Crippen LogP contribution in [0.15, 0.2) is 0 Å². The molecule has 2 saturated carbocycles. The van der Waals surface area contributed by atoms with Crippen molar-refractivity contribution in [3.05, 3.63) is 0 Å². The van der Waals surface area contributed by atoms with Crippen LogP contribution in [0.1, 0.15) is 51.9 Å². The molecule has 0 heterocycles. The van der Waals surface area contributed by atoms with Crippen LogP contribution in [-0.4, -0.2) is 5.78 Å². The monoisotopic (exact) mass is 166 g/mol. The van der Waals surface area contributed by atoms with E-state index < -0.39 is 0 Å². The van der Waals surface area contributed by atoms with Gasteiger partial charge in [0.05, 0.1) is 0 Å². The fourth-order valence-corrected chi connectivity index (χ4v) is 2.85. The Morgan fingerprint density at radius 3 is 2.83 bits per heavy atom. The molecule has 0 aliphatic heterocycles. The van der Waals surface area contributed by atoms with E-state index in [4.69, 9.17) is 0 Å². The maximum Gasteiger partial charge on any atom is 0.141 e. The number of rotatable bonds is 0.